The fourth-order valence-electron chi connectivity index (χ4n) is 3.07. The maximum absolute atomic E-state index is 14.0. The minimum absolute atomic E-state index is 0.00191. The zero-order valence-corrected chi connectivity index (χ0v) is 17.4. The predicted octanol–water partition coefficient (Wildman–Crippen LogP) is 4.15. The number of amides is 1. The van der Waals surface area contributed by atoms with Crippen LogP contribution in [0.15, 0.2) is 58.7 Å². The summed E-state index contributed by atoms with van der Waals surface area (Å²) in [7, 11) is 0. The standard InChI is InChI=1S/C22H15F2N3O4S/c1-2-31-22(30)18-15-11-32-20(25-19(28)14-5-3-4-6-16(14)24)17(15)21(29)27(26-18)13-9-7-12(23)8-10-13/h3-11H,2H2,1H3,(H,25,28). The lowest BCUT2D eigenvalue weighted by Crippen LogP contribution is -2.25. The van der Waals surface area contributed by atoms with Gasteiger partial charge in [-0.25, -0.2) is 13.6 Å². The number of ether oxygens (including phenoxy) is 1. The number of halogens is 2. The number of aromatic nitrogens is 2. The Bertz CT molecular complexity index is 1400. The zero-order valence-electron chi connectivity index (χ0n) is 16.6. The van der Waals surface area contributed by atoms with Crippen LogP contribution in [-0.4, -0.2) is 28.3 Å². The van der Waals surface area contributed by atoms with Crippen LogP contribution in [0.3, 0.4) is 0 Å². The molecule has 10 heteroatoms. The highest BCUT2D eigenvalue weighted by Crippen LogP contribution is 2.31. The van der Waals surface area contributed by atoms with E-state index < -0.39 is 29.1 Å². The molecule has 4 aromatic rings. The number of carbonyl (C=O) groups is 2. The van der Waals surface area contributed by atoms with Crippen LogP contribution in [0.4, 0.5) is 13.8 Å². The number of esters is 1. The molecule has 0 radical (unpaired) electrons. The Hall–Kier alpha value is -3.92. The minimum atomic E-state index is -0.766. The van der Waals surface area contributed by atoms with Gasteiger partial charge in [-0.1, -0.05) is 12.1 Å². The molecule has 0 aliphatic carbocycles. The number of hydrogen-bond acceptors (Lipinski definition) is 6. The first kappa shape index (κ1) is 21.3. The van der Waals surface area contributed by atoms with Gasteiger partial charge in [0.2, 0.25) is 0 Å². The number of carbonyl (C=O) groups excluding carboxylic acids is 2. The van der Waals surface area contributed by atoms with Crippen molar-refractivity contribution in [1.29, 1.82) is 0 Å². The van der Waals surface area contributed by atoms with Crippen LogP contribution in [0.2, 0.25) is 0 Å². The summed E-state index contributed by atoms with van der Waals surface area (Å²) in [5.74, 6) is -2.75. The van der Waals surface area contributed by atoms with Crippen molar-refractivity contribution in [3.8, 4) is 5.69 Å². The maximum Gasteiger partial charge on any atom is 0.359 e. The molecule has 4 rings (SSSR count). The lowest BCUT2D eigenvalue weighted by atomic mass is 10.2. The summed E-state index contributed by atoms with van der Waals surface area (Å²) in [5.41, 5.74) is -0.785. The van der Waals surface area contributed by atoms with Gasteiger partial charge in [-0.05, 0) is 43.3 Å². The van der Waals surface area contributed by atoms with E-state index in [2.05, 4.69) is 10.4 Å². The number of hydrogen-bond donors (Lipinski definition) is 1. The average molecular weight is 455 g/mol. The van der Waals surface area contributed by atoms with Crippen LogP contribution < -0.4 is 10.9 Å². The lowest BCUT2D eigenvalue weighted by Gasteiger charge is -2.10. The molecule has 0 saturated carbocycles. The Balaban J connectivity index is 1.89. The summed E-state index contributed by atoms with van der Waals surface area (Å²) < 4.78 is 33.3. The van der Waals surface area contributed by atoms with Gasteiger partial charge in [-0.3, -0.25) is 9.59 Å². The van der Waals surface area contributed by atoms with Crippen LogP contribution in [0.25, 0.3) is 16.5 Å². The molecule has 0 spiro atoms. The number of thiophene rings is 1. The number of nitrogens with one attached hydrogen (secondary N) is 1. The minimum Gasteiger partial charge on any atom is -0.461 e. The van der Waals surface area contributed by atoms with E-state index in [-0.39, 0.29) is 39.3 Å². The third-order valence-corrected chi connectivity index (χ3v) is 5.43. The van der Waals surface area contributed by atoms with Crippen LogP contribution in [0.5, 0.6) is 0 Å². The van der Waals surface area contributed by atoms with Gasteiger partial charge in [0, 0.05) is 10.8 Å². The summed E-state index contributed by atoms with van der Waals surface area (Å²) in [6.07, 6.45) is 0. The SMILES string of the molecule is CCOC(=O)c1nn(-c2ccc(F)cc2)c(=O)c2c(NC(=O)c3ccccc3F)scc12. The smallest absolute Gasteiger partial charge is 0.359 e. The van der Waals surface area contributed by atoms with Gasteiger partial charge in [0.05, 0.1) is 23.2 Å². The first-order valence-corrected chi connectivity index (χ1v) is 10.3. The van der Waals surface area contributed by atoms with E-state index in [0.717, 1.165) is 34.2 Å². The van der Waals surface area contributed by atoms with Gasteiger partial charge >= 0.3 is 5.97 Å². The molecule has 1 amide bonds. The van der Waals surface area contributed by atoms with Crippen LogP contribution in [0, 0.1) is 11.6 Å². The number of nitrogens with zero attached hydrogens (tertiary/aromatic N) is 2. The Morgan fingerprint density at radius 3 is 2.53 bits per heavy atom. The van der Waals surface area contributed by atoms with Crippen molar-refractivity contribution in [2.24, 2.45) is 0 Å². The predicted molar refractivity (Wildman–Crippen MR) is 115 cm³/mol. The van der Waals surface area contributed by atoms with Crippen LogP contribution >= 0.6 is 11.3 Å². The number of rotatable bonds is 5. The second-order valence-electron chi connectivity index (χ2n) is 6.55. The van der Waals surface area contributed by atoms with Crippen molar-refractivity contribution in [3.63, 3.8) is 0 Å². The normalized spacial score (nSPS) is 10.8. The lowest BCUT2D eigenvalue weighted by molar-refractivity contribution is 0.0520. The number of anilines is 1. The summed E-state index contributed by atoms with van der Waals surface area (Å²) in [6.45, 7) is 1.71. The van der Waals surface area contributed by atoms with E-state index in [0.29, 0.717) is 0 Å². The van der Waals surface area contributed by atoms with E-state index in [1.165, 1.54) is 35.7 Å². The molecule has 0 bridgehead atoms. The molecule has 32 heavy (non-hydrogen) atoms. The monoisotopic (exact) mass is 455 g/mol. The molecule has 2 aromatic carbocycles. The highest BCUT2D eigenvalue weighted by molar-refractivity contribution is 7.16. The molecule has 0 atom stereocenters. The van der Waals surface area contributed by atoms with E-state index in [9.17, 15) is 23.2 Å². The van der Waals surface area contributed by atoms with Gasteiger partial charge in [-0.15, -0.1) is 11.3 Å². The van der Waals surface area contributed by atoms with Crippen molar-refractivity contribution >= 4 is 39.0 Å². The summed E-state index contributed by atoms with van der Waals surface area (Å²) in [6, 6.07) is 10.4. The van der Waals surface area contributed by atoms with E-state index >= 15 is 0 Å². The highest BCUT2D eigenvalue weighted by atomic mass is 32.1. The Morgan fingerprint density at radius 2 is 1.84 bits per heavy atom. The summed E-state index contributed by atoms with van der Waals surface area (Å²) in [5, 5.41) is 8.44. The quantitative estimate of drug-likeness (QED) is 0.457. The number of benzene rings is 2. The number of fused-ring (bicyclic) bond motifs is 1. The Morgan fingerprint density at radius 1 is 1.12 bits per heavy atom. The third kappa shape index (κ3) is 3.87. The van der Waals surface area contributed by atoms with Crippen LogP contribution in [0.1, 0.15) is 27.8 Å². The van der Waals surface area contributed by atoms with E-state index in [1.807, 2.05) is 0 Å². The molecular weight excluding hydrogens is 440 g/mol. The molecule has 2 aromatic heterocycles. The van der Waals surface area contributed by atoms with E-state index in [1.54, 1.807) is 6.92 Å². The van der Waals surface area contributed by atoms with Crippen molar-refractivity contribution < 1.29 is 23.1 Å². The molecule has 0 aliphatic rings. The van der Waals surface area contributed by atoms with Gasteiger partial charge in [-0.2, -0.15) is 9.78 Å². The van der Waals surface area contributed by atoms with Crippen molar-refractivity contribution in [2.75, 3.05) is 11.9 Å². The van der Waals surface area contributed by atoms with Gasteiger partial charge < -0.3 is 10.1 Å². The average Bonchev–Trinajstić information content (AvgIpc) is 3.19. The molecule has 2 heterocycles. The molecule has 0 saturated heterocycles. The van der Waals surface area contributed by atoms with Crippen molar-refractivity contribution in [2.45, 2.75) is 6.92 Å². The van der Waals surface area contributed by atoms with Gasteiger partial charge in [0.15, 0.2) is 5.69 Å². The molecule has 7 nitrogen and oxygen atoms in total. The molecular formula is C22H15F2N3O4S. The largest absolute Gasteiger partial charge is 0.461 e. The van der Waals surface area contributed by atoms with E-state index in [4.69, 9.17) is 4.74 Å². The second-order valence-corrected chi connectivity index (χ2v) is 7.43. The van der Waals surface area contributed by atoms with Crippen molar-refractivity contribution in [3.05, 3.63) is 87.2 Å². The molecule has 0 aliphatic heterocycles. The topological polar surface area (TPSA) is 90.3 Å². The third-order valence-electron chi connectivity index (χ3n) is 4.54. The van der Waals surface area contributed by atoms with Crippen LogP contribution in [-0.2, 0) is 4.74 Å². The first-order valence-electron chi connectivity index (χ1n) is 9.44. The molecule has 0 unspecified atom stereocenters. The second kappa shape index (κ2) is 8.67. The Kier molecular flexibility index (Phi) is 5.78. The molecule has 1 N–H and O–H groups in total. The Labute approximate surface area is 183 Å². The molecule has 0 fully saturated rings. The van der Waals surface area contributed by atoms with Crippen molar-refractivity contribution in [1.82, 2.24) is 9.78 Å². The summed E-state index contributed by atoms with van der Waals surface area (Å²) >= 11 is 0.986. The first-order chi connectivity index (χ1) is 15.4. The maximum atomic E-state index is 14.0. The van der Waals surface area contributed by atoms with Gasteiger partial charge in [0.1, 0.15) is 16.6 Å². The summed E-state index contributed by atoms with van der Waals surface area (Å²) in [4.78, 5) is 38.4. The molecule has 162 valence electrons. The van der Waals surface area contributed by atoms with Gasteiger partial charge in [0.25, 0.3) is 11.5 Å². The fraction of sp³-hybridized carbons (Fsp3) is 0.0909. The fourth-order valence-corrected chi connectivity index (χ4v) is 4.00. The highest BCUT2D eigenvalue weighted by Gasteiger charge is 2.24. The zero-order chi connectivity index (χ0) is 22.8.